The molecule has 1 aromatic heterocycles. The van der Waals surface area contributed by atoms with E-state index in [0.717, 1.165) is 56.9 Å². The van der Waals surface area contributed by atoms with Gasteiger partial charge in [-0.15, -0.1) is 0 Å². The van der Waals surface area contributed by atoms with Crippen LogP contribution in [0.2, 0.25) is 0 Å². The van der Waals surface area contributed by atoms with E-state index in [9.17, 15) is 25.2 Å². The van der Waals surface area contributed by atoms with E-state index in [0.29, 0.717) is 11.8 Å². The van der Waals surface area contributed by atoms with Crippen LogP contribution in [0, 0.1) is 23.2 Å². The summed E-state index contributed by atoms with van der Waals surface area (Å²) < 4.78 is 16.9. The number of allylic oxidation sites excluding steroid dienone is 1. The van der Waals surface area contributed by atoms with E-state index < -0.39 is 36.3 Å². The average molecular weight is 517 g/mol. The zero-order valence-corrected chi connectivity index (χ0v) is 21.7. The smallest absolute Gasteiger partial charge is 0.335 e. The Morgan fingerprint density at radius 3 is 2.57 bits per heavy atom. The molecule has 6 rings (SSSR count). The fourth-order valence-corrected chi connectivity index (χ4v) is 8.79. The van der Waals surface area contributed by atoms with Crippen LogP contribution in [0.25, 0.3) is 0 Å². The van der Waals surface area contributed by atoms with Crippen LogP contribution in [0.1, 0.15) is 76.7 Å². The third-order valence-corrected chi connectivity index (χ3v) is 10.8. The normalized spacial score (nSPS) is 49.5. The lowest BCUT2D eigenvalue weighted by molar-refractivity contribution is -0.301. The molecule has 37 heavy (non-hydrogen) atoms. The zero-order valence-electron chi connectivity index (χ0n) is 21.7. The molecular formula is C29H40O8. The molecular weight excluding hydrogens is 476 g/mol. The Kier molecular flexibility index (Phi) is 6.45. The molecule has 3 saturated carbocycles. The van der Waals surface area contributed by atoms with E-state index in [2.05, 4.69) is 13.0 Å². The molecule has 0 bridgehead atoms. The first-order valence-corrected chi connectivity index (χ1v) is 14.0. The van der Waals surface area contributed by atoms with Crippen molar-refractivity contribution in [1.82, 2.24) is 0 Å². The number of rotatable bonds is 3. The summed E-state index contributed by atoms with van der Waals surface area (Å²) in [5.74, 6) is 1.28. The number of fused-ring (bicyclic) bond motifs is 5. The summed E-state index contributed by atoms with van der Waals surface area (Å²) in [5, 5.41) is 42.8. The van der Waals surface area contributed by atoms with Crippen molar-refractivity contribution in [1.29, 1.82) is 0 Å². The van der Waals surface area contributed by atoms with E-state index in [-0.39, 0.29) is 29.0 Å². The molecule has 8 nitrogen and oxygen atoms in total. The van der Waals surface area contributed by atoms with Crippen molar-refractivity contribution < 1.29 is 34.3 Å². The SMILES string of the molecule is CC1OC(OC2C=C3CCC4C(CCC5(C)C(c6ccc(=O)oc6)CCC45O)C3CC2)C(O)C(O)C1O. The molecule has 8 heteroatoms. The number of hydrogen-bond acceptors (Lipinski definition) is 8. The molecule has 12 atom stereocenters. The average Bonchev–Trinajstić information content (AvgIpc) is 3.17. The first-order valence-electron chi connectivity index (χ1n) is 14.0. The van der Waals surface area contributed by atoms with Gasteiger partial charge in [-0.2, -0.15) is 0 Å². The van der Waals surface area contributed by atoms with Gasteiger partial charge in [-0.1, -0.05) is 18.6 Å². The van der Waals surface area contributed by atoms with Crippen LogP contribution in [-0.4, -0.2) is 62.8 Å². The Labute approximate surface area is 217 Å². The summed E-state index contributed by atoms with van der Waals surface area (Å²) in [4.78, 5) is 11.5. The molecule has 0 amide bonds. The number of hydrogen-bond donors (Lipinski definition) is 4. The molecule has 0 spiro atoms. The van der Waals surface area contributed by atoms with Crippen LogP contribution in [0.15, 0.2) is 39.3 Å². The van der Waals surface area contributed by atoms with Crippen molar-refractivity contribution in [3.8, 4) is 0 Å². The number of aliphatic hydroxyl groups excluding tert-OH is 3. The van der Waals surface area contributed by atoms with E-state index in [4.69, 9.17) is 13.9 Å². The van der Waals surface area contributed by atoms with Gasteiger partial charge in [0.05, 0.1) is 24.1 Å². The second-order valence-electron chi connectivity index (χ2n) is 12.5. The molecule has 2 heterocycles. The highest BCUT2D eigenvalue weighted by Crippen LogP contribution is 2.67. The van der Waals surface area contributed by atoms with Gasteiger partial charge in [0.2, 0.25) is 0 Å². The van der Waals surface area contributed by atoms with Gasteiger partial charge in [-0.3, -0.25) is 0 Å². The van der Waals surface area contributed by atoms with Crippen LogP contribution in [0.4, 0.5) is 0 Å². The molecule has 1 saturated heterocycles. The van der Waals surface area contributed by atoms with Crippen LogP contribution in [0.3, 0.4) is 0 Å². The molecule has 4 N–H and O–H groups in total. The first-order chi connectivity index (χ1) is 17.6. The summed E-state index contributed by atoms with van der Waals surface area (Å²) in [6.45, 7) is 3.90. The van der Waals surface area contributed by atoms with Crippen molar-refractivity contribution >= 4 is 0 Å². The van der Waals surface area contributed by atoms with Gasteiger partial charge in [-0.05, 0) is 93.6 Å². The van der Waals surface area contributed by atoms with Crippen molar-refractivity contribution in [2.75, 3.05) is 0 Å². The summed E-state index contributed by atoms with van der Waals surface area (Å²) in [5.41, 5.74) is 1.08. The molecule has 0 aromatic carbocycles. The van der Waals surface area contributed by atoms with Gasteiger partial charge in [0, 0.05) is 11.5 Å². The third kappa shape index (κ3) is 3.98. The predicted octanol–water partition coefficient (Wildman–Crippen LogP) is 2.62. The third-order valence-electron chi connectivity index (χ3n) is 10.8. The lowest BCUT2D eigenvalue weighted by atomic mass is 9.49. The summed E-state index contributed by atoms with van der Waals surface area (Å²) >= 11 is 0. The van der Waals surface area contributed by atoms with E-state index >= 15 is 0 Å². The summed E-state index contributed by atoms with van der Waals surface area (Å²) in [7, 11) is 0. The Morgan fingerprint density at radius 1 is 1.00 bits per heavy atom. The summed E-state index contributed by atoms with van der Waals surface area (Å²) in [6.07, 6.45) is 5.52. The maximum absolute atomic E-state index is 12.3. The van der Waals surface area contributed by atoms with Gasteiger partial charge < -0.3 is 34.3 Å². The maximum atomic E-state index is 12.3. The fraction of sp³-hybridized carbons (Fsp3) is 0.759. The minimum Gasteiger partial charge on any atom is -0.431 e. The molecule has 0 radical (unpaired) electrons. The number of ether oxygens (including phenoxy) is 2. The second kappa shape index (κ2) is 9.28. The topological polar surface area (TPSA) is 130 Å². The highest BCUT2D eigenvalue weighted by Gasteiger charge is 2.65. The monoisotopic (exact) mass is 516 g/mol. The van der Waals surface area contributed by atoms with E-state index in [1.165, 1.54) is 11.6 Å². The quantitative estimate of drug-likeness (QED) is 0.451. The van der Waals surface area contributed by atoms with Crippen molar-refractivity contribution in [3.05, 3.63) is 46.0 Å². The van der Waals surface area contributed by atoms with Gasteiger partial charge in [0.1, 0.15) is 18.3 Å². The van der Waals surface area contributed by atoms with E-state index in [1.807, 2.05) is 6.07 Å². The standard InChI is InChI=1S/C29H40O8/c1-15-24(31)25(32)26(33)27(36-15)37-18-5-6-19-16(13-18)3-7-22-20(19)9-11-28(2)21(10-12-29(22,28)34)17-4-8-23(30)35-14-17/h4,8,13-15,18-22,24-27,31-34H,3,5-7,9-12H2,1-2H3. The highest BCUT2D eigenvalue weighted by molar-refractivity contribution is 5.28. The number of aliphatic hydroxyl groups is 4. The Hall–Kier alpha value is -1.55. The van der Waals surface area contributed by atoms with Crippen LogP contribution in [-0.2, 0) is 9.47 Å². The molecule has 5 aliphatic rings. The van der Waals surface area contributed by atoms with Gasteiger partial charge in [-0.25, -0.2) is 4.79 Å². The van der Waals surface area contributed by atoms with Crippen molar-refractivity contribution in [3.63, 3.8) is 0 Å². The Bertz CT molecular complexity index is 1080. The van der Waals surface area contributed by atoms with Crippen LogP contribution >= 0.6 is 0 Å². The summed E-state index contributed by atoms with van der Waals surface area (Å²) in [6, 6.07) is 3.36. The maximum Gasteiger partial charge on any atom is 0.335 e. The van der Waals surface area contributed by atoms with Gasteiger partial charge >= 0.3 is 5.63 Å². The minimum atomic E-state index is -1.30. The van der Waals surface area contributed by atoms with Gasteiger partial charge in [0.15, 0.2) is 6.29 Å². The van der Waals surface area contributed by atoms with Crippen LogP contribution < -0.4 is 5.63 Å². The minimum absolute atomic E-state index is 0.182. The molecule has 12 unspecified atom stereocenters. The molecule has 4 aliphatic carbocycles. The second-order valence-corrected chi connectivity index (χ2v) is 12.5. The molecule has 1 aromatic rings. The largest absolute Gasteiger partial charge is 0.431 e. The zero-order chi connectivity index (χ0) is 26.1. The lowest BCUT2D eigenvalue weighted by Gasteiger charge is -2.58. The molecule has 4 fully saturated rings. The predicted molar refractivity (Wildman–Crippen MR) is 133 cm³/mol. The van der Waals surface area contributed by atoms with Gasteiger partial charge in [0.25, 0.3) is 0 Å². The van der Waals surface area contributed by atoms with Crippen molar-refractivity contribution in [2.45, 2.75) is 114 Å². The first kappa shape index (κ1) is 25.7. The molecule has 1 aliphatic heterocycles. The highest BCUT2D eigenvalue weighted by atomic mass is 16.7. The molecule has 204 valence electrons. The van der Waals surface area contributed by atoms with Crippen LogP contribution in [0.5, 0.6) is 0 Å². The Morgan fingerprint density at radius 2 is 1.81 bits per heavy atom. The fourth-order valence-electron chi connectivity index (χ4n) is 8.79. The van der Waals surface area contributed by atoms with E-state index in [1.54, 1.807) is 13.2 Å². The van der Waals surface area contributed by atoms with Crippen molar-refractivity contribution in [2.24, 2.45) is 23.2 Å². The lowest BCUT2D eigenvalue weighted by Crippen LogP contribution is -2.59. The Balaban J connectivity index is 1.18.